The smallest absolute Gasteiger partial charge is 0.322 e. The molecule has 41 heavy (non-hydrogen) atoms. The first kappa shape index (κ1) is 30.9. The Morgan fingerprint density at radius 3 is 1.98 bits per heavy atom. The Morgan fingerprint density at radius 1 is 0.902 bits per heavy atom. The average molecular weight is 615 g/mol. The van der Waals surface area contributed by atoms with E-state index in [2.05, 4.69) is 0 Å². The van der Waals surface area contributed by atoms with Gasteiger partial charge in [0.2, 0.25) is 5.91 Å². The average Bonchev–Trinajstić information content (AvgIpc) is 3.35. The molecule has 9 heteroatoms. The number of carbonyl (C=O) groups excluding carboxylic acids is 2. The third-order valence-corrected chi connectivity index (χ3v) is 8.19. The number of nitrogens with zero attached hydrogens (tertiary/aromatic N) is 3. The van der Waals surface area contributed by atoms with E-state index >= 15 is 0 Å². The standard InChI is InChI=1S/C32H34Cl3N3O3/c1-6-37(7-2)30(39)32(4,5)22-13-18-25(26(19-22)41-8-3)29-36-27(20-9-14-23(33)15-10-20)28(38(29)31(35)40)21-11-16-24(34)17-12-21/h9-19,27-28H,6-8H2,1-5H3. The predicted octanol–water partition coefficient (Wildman–Crippen LogP) is 8.44. The zero-order chi connectivity index (χ0) is 29.9. The molecule has 0 bridgehead atoms. The molecule has 0 aromatic heterocycles. The van der Waals surface area contributed by atoms with Gasteiger partial charge in [-0.15, -0.1) is 0 Å². The second-order valence-corrected chi connectivity index (χ2v) is 11.5. The molecule has 0 saturated heterocycles. The minimum Gasteiger partial charge on any atom is -0.493 e. The summed E-state index contributed by atoms with van der Waals surface area (Å²) in [7, 11) is 0. The number of benzene rings is 3. The molecule has 0 spiro atoms. The Morgan fingerprint density at radius 2 is 1.46 bits per heavy atom. The van der Waals surface area contributed by atoms with Crippen LogP contribution in [0.3, 0.4) is 0 Å². The molecule has 6 nitrogen and oxygen atoms in total. The van der Waals surface area contributed by atoms with Crippen molar-refractivity contribution in [2.45, 2.75) is 52.1 Å². The lowest BCUT2D eigenvalue weighted by atomic mass is 9.82. The van der Waals surface area contributed by atoms with E-state index < -0.39 is 22.9 Å². The number of hydrogen-bond acceptors (Lipinski definition) is 4. The lowest BCUT2D eigenvalue weighted by Gasteiger charge is -2.32. The molecule has 3 aromatic rings. The molecule has 1 heterocycles. The maximum absolute atomic E-state index is 13.4. The van der Waals surface area contributed by atoms with Gasteiger partial charge in [-0.25, -0.2) is 0 Å². The molecule has 2 unspecified atom stereocenters. The van der Waals surface area contributed by atoms with Crippen LogP contribution < -0.4 is 4.74 Å². The first-order valence-corrected chi connectivity index (χ1v) is 14.8. The maximum Gasteiger partial charge on any atom is 0.322 e. The van der Waals surface area contributed by atoms with Gasteiger partial charge >= 0.3 is 5.37 Å². The number of amidine groups is 1. The number of amides is 2. The highest BCUT2D eigenvalue weighted by atomic mass is 35.5. The fourth-order valence-corrected chi connectivity index (χ4v) is 5.68. The second-order valence-electron chi connectivity index (χ2n) is 10.3. The van der Waals surface area contributed by atoms with Gasteiger partial charge in [0.25, 0.3) is 0 Å². The van der Waals surface area contributed by atoms with E-state index in [4.69, 9.17) is 44.5 Å². The van der Waals surface area contributed by atoms with Gasteiger partial charge in [0.15, 0.2) is 0 Å². The molecule has 0 fully saturated rings. The van der Waals surface area contributed by atoms with E-state index in [1.165, 1.54) is 4.90 Å². The fraction of sp³-hybridized carbons (Fsp3) is 0.344. The first-order valence-electron chi connectivity index (χ1n) is 13.7. The summed E-state index contributed by atoms with van der Waals surface area (Å²) in [5, 5.41) is 0.500. The van der Waals surface area contributed by atoms with Crippen LogP contribution in [-0.4, -0.2) is 46.6 Å². The van der Waals surface area contributed by atoms with Crippen molar-refractivity contribution in [3.63, 3.8) is 0 Å². The molecule has 0 saturated carbocycles. The van der Waals surface area contributed by atoms with Gasteiger partial charge in [0.1, 0.15) is 17.6 Å². The van der Waals surface area contributed by atoms with Crippen molar-refractivity contribution in [1.29, 1.82) is 0 Å². The summed E-state index contributed by atoms with van der Waals surface area (Å²) < 4.78 is 6.10. The Hall–Kier alpha value is -3.06. The van der Waals surface area contributed by atoms with E-state index in [-0.39, 0.29) is 5.91 Å². The zero-order valence-electron chi connectivity index (χ0n) is 23.8. The minimum absolute atomic E-state index is 0.0269. The van der Waals surface area contributed by atoms with Gasteiger partial charge in [-0.3, -0.25) is 19.5 Å². The van der Waals surface area contributed by atoms with Crippen molar-refractivity contribution in [2.75, 3.05) is 19.7 Å². The molecular formula is C32H34Cl3N3O3. The summed E-state index contributed by atoms with van der Waals surface area (Å²) in [5.41, 5.74) is 2.29. The summed E-state index contributed by atoms with van der Waals surface area (Å²) >= 11 is 18.7. The molecule has 0 radical (unpaired) electrons. The van der Waals surface area contributed by atoms with Crippen LogP contribution in [0.15, 0.2) is 71.7 Å². The molecule has 3 aromatic carbocycles. The monoisotopic (exact) mass is 613 g/mol. The van der Waals surface area contributed by atoms with Gasteiger partial charge in [0, 0.05) is 23.1 Å². The Kier molecular flexibility index (Phi) is 9.68. The van der Waals surface area contributed by atoms with E-state index in [0.29, 0.717) is 46.9 Å². The molecule has 1 aliphatic heterocycles. The summed E-state index contributed by atoms with van der Waals surface area (Å²) in [4.78, 5) is 34.9. The molecule has 216 valence electrons. The second kappa shape index (κ2) is 12.8. The van der Waals surface area contributed by atoms with Crippen LogP contribution in [-0.2, 0) is 10.2 Å². The van der Waals surface area contributed by atoms with E-state index in [9.17, 15) is 9.59 Å². The molecule has 0 aliphatic carbocycles. The molecule has 2 atom stereocenters. The minimum atomic E-state index is -0.798. The topological polar surface area (TPSA) is 62.2 Å². The molecule has 4 rings (SSSR count). The quantitative estimate of drug-likeness (QED) is 0.179. The van der Waals surface area contributed by atoms with Crippen molar-refractivity contribution in [2.24, 2.45) is 4.99 Å². The predicted molar refractivity (Wildman–Crippen MR) is 167 cm³/mol. The number of rotatable bonds is 9. The number of aliphatic imine (C=N–C) groups is 1. The number of ether oxygens (including phenoxy) is 1. The summed E-state index contributed by atoms with van der Waals surface area (Å²) in [6, 6.07) is 19.3. The van der Waals surface area contributed by atoms with Crippen molar-refractivity contribution in [3.8, 4) is 5.75 Å². The number of halogens is 3. The fourth-order valence-electron chi connectivity index (χ4n) is 5.24. The van der Waals surface area contributed by atoms with Crippen molar-refractivity contribution < 1.29 is 14.3 Å². The summed E-state index contributed by atoms with van der Waals surface area (Å²) in [6.07, 6.45) is 0. The summed E-state index contributed by atoms with van der Waals surface area (Å²) in [5.74, 6) is 0.922. The normalized spacial score (nSPS) is 16.9. The third kappa shape index (κ3) is 6.25. The lowest BCUT2D eigenvalue weighted by Crippen LogP contribution is -2.43. The lowest BCUT2D eigenvalue weighted by molar-refractivity contribution is -0.135. The molecule has 1 aliphatic rings. The summed E-state index contributed by atoms with van der Waals surface area (Å²) in [6.45, 7) is 11.3. The Balaban J connectivity index is 1.87. The molecular weight excluding hydrogens is 581 g/mol. The van der Waals surface area contributed by atoms with Crippen LogP contribution in [0.5, 0.6) is 5.75 Å². The van der Waals surface area contributed by atoms with Crippen LogP contribution in [0.1, 0.15) is 69.0 Å². The van der Waals surface area contributed by atoms with Crippen LogP contribution in [0, 0.1) is 0 Å². The van der Waals surface area contributed by atoms with Crippen LogP contribution in [0.2, 0.25) is 10.0 Å². The van der Waals surface area contributed by atoms with E-state index in [1.807, 2.05) is 82.0 Å². The van der Waals surface area contributed by atoms with Crippen LogP contribution in [0.4, 0.5) is 4.79 Å². The van der Waals surface area contributed by atoms with Crippen molar-refractivity contribution in [1.82, 2.24) is 9.80 Å². The highest BCUT2D eigenvalue weighted by molar-refractivity contribution is 6.64. The van der Waals surface area contributed by atoms with E-state index in [1.54, 1.807) is 24.3 Å². The first-order chi connectivity index (χ1) is 19.5. The maximum atomic E-state index is 13.4. The SMILES string of the molecule is CCOc1cc(C(C)(C)C(=O)N(CC)CC)ccc1C1=NC(c2ccc(Cl)cc2)C(c2ccc(Cl)cc2)N1C(=O)Cl. The largest absolute Gasteiger partial charge is 0.493 e. The molecule has 0 N–H and O–H groups in total. The third-order valence-electron chi connectivity index (χ3n) is 7.51. The van der Waals surface area contributed by atoms with Crippen LogP contribution in [0.25, 0.3) is 0 Å². The van der Waals surface area contributed by atoms with Gasteiger partial charge < -0.3 is 9.64 Å². The van der Waals surface area contributed by atoms with Crippen molar-refractivity contribution >= 4 is 51.9 Å². The molecule has 2 amide bonds. The van der Waals surface area contributed by atoms with Crippen molar-refractivity contribution in [3.05, 3.63) is 99.0 Å². The zero-order valence-corrected chi connectivity index (χ0v) is 26.1. The van der Waals surface area contributed by atoms with Gasteiger partial charge in [-0.2, -0.15) is 0 Å². The Bertz CT molecular complexity index is 1430. The number of carbonyl (C=O) groups is 2. The Labute approximate surface area is 256 Å². The van der Waals surface area contributed by atoms with Gasteiger partial charge in [-0.1, -0.05) is 53.5 Å². The van der Waals surface area contributed by atoms with E-state index in [0.717, 1.165) is 16.7 Å². The number of likely N-dealkylation sites (N-methyl/N-ethyl adjacent to an activating group) is 1. The van der Waals surface area contributed by atoms with Gasteiger partial charge in [0.05, 0.1) is 23.6 Å². The van der Waals surface area contributed by atoms with Gasteiger partial charge in [-0.05, 0) is 99.3 Å². The highest BCUT2D eigenvalue weighted by Gasteiger charge is 2.43. The number of hydrogen-bond donors (Lipinski definition) is 0. The van der Waals surface area contributed by atoms with Crippen LogP contribution >= 0.6 is 34.8 Å². The highest BCUT2D eigenvalue weighted by Crippen LogP contribution is 2.46.